The molecule has 4 fully saturated rings. The first kappa shape index (κ1) is 101. The van der Waals surface area contributed by atoms with Gasteiger partial charge in [-0.3, -0.25) is 53.9 Å². The van der Waals surface area contributed by atoms with Gasteiger partial charge in [0.1, 0.15) is 41.0 Å². The fourth-order valence-corrected chi connectivity index (χ4v) is 20.0. The Hall–Kier alpha value is -15.0. The minimum atomic E-state index is -4.86. The molecule has 4 aliphatic heterocycles. The first-order valence-corrected chi connectivity index (χ1v) is 49.2. The molecule has 144 heavy (non-hydrogen) atoms. The zero-order chi connectivity index (χ0) is 100. The maximum atomic E-state index is 13.2. The Morgan fingerprint density at radius 1 is 0.389 bits per heavy atom. The topological polar surface area (TPSA) is 277 Å². The molecule has 4 saturated heterocycles. The maximum absolute atomic E-state index is 13.2. The minimum absolute atomic E-state index is 0.0238. The number of para-hydroxylation sites is 4. The number of hydrogen-bond acceptors (Lipinski definition) is 24. The largest absolute Gasteiger partial charge is 0.573 e. The third-order valence-electron chi connectivity index (χ3n) is 26.8. The number of aromatic nitrogens is 12. The van der Waals surface area contributed by atoms with E-state index in [0.717, 1.165) is 188 Å². The van der Waals surface area contributed by atoms with Gasteiger partial charge in [0.25, 0.3) is 0 Å². The predicted molar refractivity (Wildman–Crippen MR) is 556 cm³/mol. The van der Waals surface area contributed by atoms with Crippen LogP contribution < -0.4 is 33.8 Å². The lowest BCUT2D eigenvalue weighted by atomic mass is 9.94. The van der Waals surface area contributed by atoms with Crippen molar-refractivity contribution < 1.29 is 56.7 Å². The number of rotatable bonds is 26. The van der Waals surface area contributed by atoms with Crippen LogP contribution in [-0.4, -0.2) is 244 Å². The number of benzene rings is 8. The molecular weight excluding hydrogens is 1830 g/mol. The molecule has 0 radical (unpaired) electrons. The van der Waals surface area contributed by atoms with Crippen LogP contribution in [0.3, 0.4) is 0 Å². The zero-order valence-electron chi connectivity index (χ0n) is 82.5. The molecular formula is C112H123F3N20O9. The number of nitrogens with zero attached hydrogens (tertiary/aromatic N) is 20. The van der Waals surface area contributed by atoms with E-state index < -0.39 is 24.0 Å². The lowest BCUT2D eigenvalue weighted by Gasteiger charge is -2.37. The number of carbonyl (C=O) groups is 3. The highest BCUT2D eigenvalue weighted by Crippen LogP contribution is 2.44. The van der Waals surface area contributed by atoms with Gasteiger partial charge >= 0.3 is 18.3 Å². The average Bonchev–Trinajstić information content (AvgIpc) is 1.40. The van der Waals surface area contributed by atoms with Crippen molar-refractivity contribution in [2.24, 2.45) is 0 Å². The maximum Gasteiger partial charge on any atom is 0.573 e. The van der Waals surface area contributed by atoms with Gasteiger partial charge in [0, 0.05) is 189 Å². The highest BCUT2D eigenvalue weighted by molar-refractivity contribution is 5.97. The fraction of sp³-hybridized carbons (Fsp3) is 0.330. The Labute approximate surface area is 836 Å². The number of carboxylic acids is 1. The van der Waals surface area contributed by atoms with E-state index in [2.05, 4.69) is 110 Å². The summed E-state index contributed by atoms with van der Waals surface area (Å²) in [6, 6.07) is 77.3. The molecule has 2 N–H and O–H groups in total. The molecule has 746 valence electrons. The molecule has 12 heterocycles. The number of carboxylic acid groups (broad SMARTS) is 1. The molecule has 8 aromatic carbocycles. The van der Waals surface area contributed by atoms with Crippen LogP contribution in [0.1, 0.15) is 132 Å². The molecule has 0 saturated carbocycles. The highest BCUT2D eigenvalue weighted by Gasteiger charge is 2.40. The Balaban J connectivity index is 0.000000132. The molecule has 8 aromatic heterocycles. The smallest absolute Gasteiger partial charge is 0.494 e. The van der Waals surface area contributed by atoms with Crippen molar-refractivity contribution in [2.75, 3.05) is 145 Å². The summed E-state index contributed by atoms with van der Waals surface area (Å²) in [5.41, 5.74) is 14.2. The molecule has 4 aliphatic rings. The SMILES string of the molecule is CC(=O)C[C@@H](c1ccn(-c2ccccc2)n1)N1CCCN(c2cc(C(C)C)cc3cccnc23)CC1.COc1ccc2cccnc2c1N1CCCN(C(COC(C)=O)c2ccn(-c3ccccc3)n2)CC1.COc1ccc2cccnc2c1N1CCCN(C(c2ccn(-c3ccccc3)n2)C(C)(C)O)CC1.O=C(O)C(c1ccn(-c2ccccc2)n1)N1CCCN(c2c(OC(F)(F)F)ccc3cccnc23)CC1. The van der Waals surface area contributed by atoms with Gasteiger partial charge in [0.05, 0.1) is 111 Å². The summed E-state index contributed by atoms with van der Waals surface area (Å²) in [6.07, 6.45) is 13.8. The van der Waals surface area contributed by atoms with Gasteiger partial charge in [-0.25, -0.2) is 18.7 Å². The van der Waals surface area contributed by atoms with Crippen molar-refractivity contribution in [3.05, 3.63) is 321 Å². The first-order chi connectivity index (χ1) is 69.9. The summed E-state index contributed by atoms with van der Waals surface area (Å²) in [4.78, 5) is 72.7. The molecule has 32 heteroatoms. The normalized spacial score (nSPS) is 15.9. The molecule has 20 rings (SSSR count). The number of anilines is 4. The van der Waals surface area contributed by atoms with E-state index in [-0.39, 0.29) is 54.5 Å². The van der Waals surface area contributed by atoms with Crippen molar-refractivity contribution >= 4 is 84.1 Å². The third-order valence-corrected chi connectivity index (χ3v) is 26.8. The summed E-state index contributed by atoms with van der Waals surface area (Å²) in [6.45, 7) is 23.4. The molecule has 16 aromatic rings. The van der Waals surface area contributed by atoms with Gasteiger partial charge in [0.15, 0.2) is 11.8 Å². The van der Waals surface area contributed by atoms with E-state index in [1.165, 1.54) is 35.8 Å². The summed E-state index contributed by atoms with van der Waals surface area (Å²) in [7, 11) is 3.42. The molecule has 3 unspecified atom stereocenters. The number of esters is 1. The number of Topliss-reactive ketones (excluding diaryl/α,β-unsaturated/α-hetero) is 1. The zero-order valence-corrected chi connectivity index (χ0v) is 82.5. The van der Waals surface area contributed by atoms with Crippen LogP contribution in [0, 0.1) is 0 Å². The summed E-state index contributed by atoms with van der Waals surface area (Å²) >= 11 is 0. The Kier molecular flexibility index (Phi) is 32.4. The van der Waals surface area contributed by atoms with Crippen molar-refractivity contribution in [2.45, 2.75) is 116 Å². The highest BCUT2D eigenvalue weighted by atomic mass is 19.4. The molecule has 0 bridgehead atoms. The van der Waals surface area contributed by atoms with Gasteiger partial charge in [0.2, 0.25) is 0 Å². The predicted octanol–water partition coefficient (Wildman–Crippen LogP) is 19.1. The van der Waals surface area contributed by atoms with E-state index in [1.54, 1.807) is 66.1 Å². The van der Waals surface area contributed by atoms with Gasteiger partial charge < -0.3 is 48.8 Å². The molecule has 0 amide bonds. The number of carbonyl (C=O) groups excluding carboxylic acids is 2. The molecule has 0 aliphatic carbocycles. The Bertz CT molecular complexity index is 6990. The van der Waals surface area contributed by atoms with E-state index in [0.29, 0.717) is 55.0 Å². The van der Waals surface area contributed by atoms with Gasteiger partial charge in [-0.05, 0) is 204 Å². The van der Waals surface area contributed by atoms with Crippen LogP contribution in [0.5, 0.6) is 17.2 Å². The number of hydrogen-bond donors (Lipinski definition) is 2. The van der Waals surface area contributed by atoms with Crippen LogP contribution in [0.25, 0.3) is 66.4 Å². The third kappa shape index (κ3) is 24.3. The molecule has 0 spiro atoms. The second kappa shape index (κ2) is 46.4. The molecule has 4 atom stereocenters. The van der Waals surface area contributed by atoms with E-state index in [9.17, 15) is 37.8 Å². The Morgan fingerprint density at radius 2 is 0.757 bits per heavy atom. The standard InChI is InChI=1S/C30H35N5O.C28H31N5O3.C28H33N5O2.C26H24F3N5O3/c1-22(2)25-20-24-9-7-13-31-30(24)29(21-25)34-15-8-14-33(17-18-34)28(19-23(3)36)27-12-16-35(32-27)26-10-5-4-6-11-26;1-21(34)36-20-25(24-13-17-33(30-24)23-9-4-3-5-10-23)31-15-7-16-32(19-18-31)28-26(35-2)12-11-22-8-6-14-29-27(22)28;1-28(2,34)27(23-14-18-33(30-23)22-10-5-4-6-11-22)32-17-8-16-31(19-20-32)26-24(35-3)13-12-21-9-7-15-29-25(21)26;27-26(28,29)37-21-10-9-18-6-4-12-30-22(18)24(21)33-14-5-13-32(16-17-33)23(25(35)36)20-11-15-34(31-20)19-7-2-1-3-8-19/h4-7,9-13,16,20-22,28H,8,14-15,17-19H2,1-3H3;3-6,8-14,17,25H,7,15-16,18-20H2,1-2H3;4-7,9-15,18,27,34H,8,16-17,19-20H2,1-3H3;1-4,6-12,15,23H,5,13-14,16-17H2,(H,35,36)/t28-;;;/m0.../s1. The van der Waals surface area contributed by atoms with Crippen molar-refractivity contribution in [3.8, 4) is 40.0 Å². The number of ether oxygens (including phenoxy) is 4. The first-order valence-electron chi connectivity index (χ1n) is 49.2. The Morgan fingerprint density at radius 3 is 1.19 bits per heavy atom. The lowest BCUT2D eigenvalue weighted by molar-refractivity contribution is -0.274. The van der Waals surface area contributed by atoms with Crippen LogP contribution in [-0.2, 0) is 19.1 Å². The summed E-state index contributed by atoms with van der Waals surface area (Å²) in [5, 5.41) is 44.5. The van der Waals surface area contributed by atoms with Crippen LogP contribution in [0.15, 0.2) is 292 Å². The minimum Gasteiger partial charge on any atom is -0.494 e. The van der Waals surface area contributed by atoms with E-state index in [1.807, 2.05) is 235 Å². The van der Waals surface area contributed by atoms with Gasteiger partial charge in [-0.15, -0.1) is 13.2 Å². The second-order valence-electron chi connectivity index (χ2n) is 37.3. The van der Waals surface area contributed by atoms with Crippen LogP contribution in [0.2, 0.25) is 0 Å². The van der Waals surface area contributed by atoms with E-state index in [4.69, 9.17) is 34.5 Å². The van der Waals surface area contributed by atoms with Crippen LogP contribution >= 0.6 is 0 Å². The second-order valence-corrected chi connectivity index (χ2v) is 37.3. The molecule has 29 nitrogen and oxygen atoms in total. The monoisotopic (exact) mass is 1950 g/mol. The van der Waals surface area contributed by atoms with Gasteiger partial charge in [-0.1, -0.05) is 111 Å². The number of fused-ring (bicyclic) bond motifs is 4. The van der Waals surface area contributed by atoms with Crippen LogP contribution in [0.4, 0.5) is 35.9 Å². The number of pyridine rings is 4. The summed E-state index contributed by atoms with van der Waals surface area (Å²) in [5.74, 6) is 0.651. The number of methoxy groups -OCH3 is 2. The number of aliphatic carboxylic acids is 1. The number of halogens is 3. The summed E-state index contributed by atoms with van der Waals surface area (Å²) < 4.78 is 68.2. The number of aliphatic hydroxyl groups is 1. The van der Waals surface area contributed by atoms with E-state index >= 15 is 0 Å². The number of ketones is 1. The average molecular weight is 1950 g/mol. The van der Waals surface area contributed by atoms with Crippen molar-refractivity contribution in [1.82, 2.24) is 78.7 Å². The fourth-order valence-electron chi connectivity index (χ4n) is 20.0. The van der Waals surface area contributed by atoms with Gasteiger partial charge in [-0.2, -0.15) is 20.4 Å². The lowest BCUT2D eigenvalue weighted by Crippen LogP contribution is -2.44. The van der Waals surface area contributed by atoms with Crippen molar-refractivity contribution in [1.29, 1.82) is 0 Å². The quantitative estimate of drug-likeness (QED) is 0.0477. The van der Waals surface area contributed by atoms with Crippen molar-refractivity contribution in [3.63, 3.8) is 0 Å². The number of alkyl halides is 3.